The van der Waals surface area contributed by atoms with E-state index in [1.807, 2.05) is 30.0 Å². The lowest BCUT2D eigenvalue weighted by molar-refractivity contribution is 0.0948. The van der Waals surface area contributed by atoms with Gasteiger partial charge in [0.05, 0.1) is 14.2 Å². The van der Waals surface area contributed by atoms with E-state index in [1.165, 1.54) is 0 Å². The van der Waals surface area contributed by atoms with E-state index in [0.717, 1.165) is 23.2 Å². The maximum absolute atomic E-state index is 13.2. The first-order valence-corrected chi connectivity index (χ1v) is 10.5. The minimum Gasteiger partial charge on any atom is -0.497 e. The van der Waals surface area contributed by atoms with Gasteiger partial charge in [0.25, 0.3) is 11.8 Å². The molecule has 0 saturated heterocycles. The monoisotopic (exact) mass is 430 g/mol. The molecule has 0 aromatic heterocycles. The number of nitrogens with one attached hydrogen (secondary N) is 1. The number of hydrogen-bond acceptors (Lipinski definition) is 4. The number of methoxy groups -OCH3 is 2. The van der Waals surface area contributed by atoms with Gasteiger partial charge in [-0.05, 0) is 79.1 Å². The first-order valence-electron chi connectivity index (χ1n) is 10.5. The lowest BCUT2D eigenvalue weighted by Gasteiger charge is -2.23. The molecule has 32 heavy (non-hydrogen) atoms. The minimum absolute atomic E-state index is 0.0432. The molecule has 0 unspecified atom stereocenters. The van der Waals surface area contributed by atoms with Crippen LogP contribution in [0.1, 0.15) is 38.8 Å². The van der Waals surface area contributed by atoms with Gasteiger partial charge in [-0.2, -0.15) is 0 Å². The van der Waals surface area contributed by atoms with Gasteiger partial charge in [-0.25, -0.2) is 0 Å². The van der Waals surface area contributed by atoms with Crippen LogP contribution in [0.5, 0.6) is 11.5 Å². The van der Waals surface area contributed by atoms with E-state index in [0.29, 0.717) is 29.2 Å². The molecule has 4 rings (SSSR count). The van der Waals surface area contributed by atoms with Gasteiger partial charge in [0.1, 0.15) is 11.5 Å². The average molecular weight is 431 g/mol. The molecule has 6 nitrogen and oxygen atoms in total. The molecule has 0 aliphatic carbocycles. The number of ether oxygens (including phenoxy) is 2. The van der Waals surface area contributed by atoms with Crippen LogP contribution in [-0.2, 0) is 13.0 Å². The van der Waals surface area contributed by atoms with Gasteiger partial charge in [0.15, 0.2) is 0 Å². The van der Waals surface area contributed by atoms with Gasteiger partial charge in [0, 0.05) is 29.4 Å². The van der Waals surface area contributed by atoms with Crippen molar-refractivity contribution in [1.82, 2.24) is 5.32 Å². The van der Waals surface area contributed by atoms with E-state index in [4.69, 9.17) is 9.47 Å². The molecule has 0 saturated carbocycles. The molecular formula is C26H26N2O4. The molecule has 1 aliphatic rings. The summed E-state index contributed by atoms with van der Waals surface area (Å²) >= 11 is 0. The number of fused-ring (bicyclic) bond motifs is 1. The van der Waals surface area contributed by atoms with Gasteiger partial charge in [-0.1, -0.05) is 12.1 Å². The van der Waals surface area contributed by atoms with Crippen molar-refractivity contribution in [3.05, 3.63) is 89.0 Å². The number of nitrogens with zero attached hydrogens (tertiary/aromatic N) is 1. The number of amides is 2. The number of carbonyl (C=O) groups excluding carboxylic acids is 2. The Labute approximate surface area is 187 Å². The van der Waals surface area contributed by atoms with Crippen molar-refractivity contribution in [2.45, 2.75) is 25.9 Å². The molecular weight excluding hydrogens is 404 g/mol. The average Bonchev–Trinajstić information content (AvgIpc) is 3.17. The third-order valence-corrected chi connectivity index (χ3v) is 5.73. The zero-order chi connectivity index (χ0) is 22.7. The standard InChI is InChI=1S/C26H26N2O4/c1-17-14-21-5-4-18(16-27-25(29)19-6-10-22(31-2)11-7-19)15-24(21)28(17)26(30)20-8-12-23(32-3)13-9-20/h4-13,15,17H,14,16H2,1-3H3,(H,27,29)/t17-/m0/s1. The zero-order valence-corrected chi connectivity index (χ0v) is 18.4. The number of carbonyl (C=O) groups is 2. The van der Waals surface area contributed by atoms with E-state index in [1.54, 1.807) is 62.8 Å². The minimum atomic E-state index is -0.160. The molecule has 1 aliphatic heterocycles. The van der Waals surface area contributed by atoms with E-state index in [2.05, 4.69) is 5.32 Å². The molecule has 0 spiro atoms. The lowest BCUT2D eigenvalue weighted by atomic mass is 10.1. The Bertz CT molecular complexity index is 1120. The molecule has 3 aromatic rings. The summed E-state index contributed by atoms with van der Waals surface area (Å²) in [4.78, 5) is 27.6. The molecule has 164 valence electrons. The van der Waals surface area contributed by atoms with Crippen LogP contribution in [0.2, 0.25) is 0 Å². The maximum Gasteiger partial charge on any atom is 0.258 e. The maximum atomic E-state index is 13.2. The summed E-state index contributed by atoms with van der Waals surface area (Å²) in [5.41, 5.74) is 4.15. The Hall–Kier alpha value is -3.80. The quantitative estimate of drug-likeness (QED) is 0.636. The third-order valence-electron chi connectivity index (χ3n) is 5.73. The topological polar surface area (TPSA) is 67.9 Å². The first-order chi connectivity index (χ1) is 15.5. The highest BCUT2D eigenvalue weighted by Gasteiger charge is 2.31. The number of hydrogen-bond donors (Lipinski definition) is 1. The first kappa shape index (κ1) is 21.4. The van der Waals surface area contributed by atoms with E-state index in [-0.39, 0.29) is 17.9 Å². The largest absolute Gasteiger partial charge is 0.497 e. The summed E-state index contributed by atoms with van der Waals surface area (Å²) in [6, 6.07) is 20.2. The fourth-order valence-electron chi connectivity index (χ4n) is 3.97. The van der Waals surface area contributed by atoms with Gasteiger partial charge < -0.3 is 19.7 Å². The second-order valence-electron chi connectivity index (χ2n) is 7.83. The number of benzene rings is 3. The molecule has 0 fully saturated rings. The lowest BCUT2D eigenvalue weighted by Crippen LogP contribution is -2.35. The third kappa shape index (κ3) is 4.30. The van der Waals surface area contributed by atoms with Gasteiger partial charge >= 0.3 is 0 Å². The summed E-state index contributed by atoms with van der Waals surface area (Å²) < 4.78 is 10.3. The van der Waals surface area contributed by atoms with Crippen molar-refractivity contribution in [2.24, 2.45) is 0 Å². The molecule has 1 atom stereocenters. The zero-order valence-electron chi connectivity index (χ0n) is 18.4. The smallest absolute Gasteiger partial charge is 0.258 e. The molecule has 2 amide bonds. The van der Waals surface area contributed by atoms with E-state index >= 15 is 0 Å². The van der Waals surface area contributed by atoms with E-state index in [9.17, 15) is 9.59 Å². The fourth-order valence-corrected chi connectivity index (χ4v) is 3.97. The second-order valence-corrected chi connectivity index (χ2v) is 7.83. The van der Waals surface area contributed by atoms with Crippen LogP contribution >= 0.6 is 0 Å². The Morgan fingerprint density at radius 1 is 0.906 bits per heavy atom. The van der Waals surface area contributed by atoms with Crippen molar-refractivity contribution in [3.8, 4) is 11.5 Å². The Balaban J connectivity index is 1.49. The van der Waals surface area contributed by atoms with Crippen LogP contribution in [0, 0.1) is 0 Å². The summed E-state index contributed by atoms with van der Waals surface area (Å²) in [5, 5.41) is 2.95. The molecule has 6 heteroatoms. The highest BCUT2D eigenvalue weighted by atomic mass is 16.5. The number of anilines is 1. The van der Waals surface area contributed by atoms with Crippen molar-refractivity contribution in [1.29, 1.82) is 0 Å². The van der Waals surface area contributed by atoms with Gasteiger partial charge in [-0.15, -0.1) is 0 Å². The van der Waals surface area contributed by atoms with Crippen LogP contribution in [-0.4, -0.2) is 32.1 Å². The van der Waals surface area contributed by atoms with Crippen LogP contribution < -0.4 is 19.7 Å². The van der Waals surface area contributed by atoms with Crippen LogP contribution in [0.25, 0.3) is 0 Å². The highest BCUT2D eigenvalue weighted by Crippen LogP contribution is 2.34. The SMILES string of the molecule is COc1ccc(C(=O)NCc2ccc3c(c2)N(C(=O)c2ccc(OC)cc2)[C@@H](C)C3)cc1. The predicted molar refractivity (Wildman–Crippen MR) is 124 cm³/mol. The van der Waals surface area contributed by atoms with Crippen molar-refractivity contribution in [3.63, 3.8) is 0 Å². The fraction of sp³-hybridized carbons (Fsp3) is 0.231. The highest BCUT2D eigenvalue weighted by molar-refractivity contribution is 6.07. The summed E-state index contributed by atoms with van der Waals surface area (Å²) in [6.07, 6.45) is 0.801. The van der Waals surface area contributed by atoms with Crippen molar-refractivity contribution >= 4 is 17.5 Å². The predicted octanol–water partition coefficient (Wildman–Crippen LogP) is 4.23. The van der Waals surface area contributed by atoms with Crippen molar-refractivity contribution < 1.29 is 19.1 Å². The number of rotatable bonds is 6. The summed E-state index contributed by atoms with van der Waals surface area (Å²) in [7, 11) is 3.19. The van der Waals surface area contributed by atoms with Gasteiger partial charge in [-0.3, -0.25) is 9.59 Å². The van der Waals surface area contributed by atoms with Crippen molar-refractivity contribution in [2.75, 3.05) is 19.1 Å². The Kier molecular flexibility index (Phi) is 6.12. The normalized spacial score (nSPS) is 14.6. The molecule has 3 aromatic carbocycles. The van der Waals surface area contributed by atoms with Crippen LogP contribution in [0.4, 0.5) is 5.69 Å². The summed E-state index contributed by atoms with van der Waals surface area (Å²) in [5.74, 6) is 1.22. The van der Waals surface area contributed by atoms with E-state index < -0.39 is 0 Å². The molecule has 1 N–H and O–H groups in total. The summed E-state index contributed by atoms with van der Waals surface area (Å²) in [6.45, 7) is 2.42. The van der Waals surface area contributed by atoms with Gasteiger partial charge in [0.2, 0.25) is 0 Å². The Morgan fingerprint density at radius 2 is 1.50 bits per heavy atom. The molecule has 0 bridgehead atoms. The molecule has 1 heterocycles. The molecule has 0 radical (unpaired) electrons. The Morgan fingerprint density at radius 3 is 2.09 bits per heavy atom. The van der Waals surface area contributed by atoms with Crippen LogP contribution in [0.3, 0.4) is 0 Å². The second kappa shape index (κ2) is 9.14. The van der Waals surface area contributed by atoms with Crippen LogP contribution in [0.15, 0.2) is 66.7 Å².